The molecular formula is C15H18BrNO2. The maximum Gasteiger partial charge on any atom is 0.244 e. The van der Waals surface area contributed by atoms with Crippen LogP contribution in [0.2, 0.25) is 0 Å². The topological polar surface area (TPSA) is 49.3 Å². The first-order valence-corrected chi connectivity index (χ1v) is 7.21. The van der Waals surface area contributed by atoms with Gasteiger partial charge in [-0.2, -0.15) is 0 Å². The normalized spacial score (nSPS) is 17.2. The molecule has 0 bridgehead atoms. The standard InChI is InChI=1S/C15H18BrNO2/c1-11-3-4-12(13(16)9-11)5-6-14(19)17-15(10-18)7-2-8-15/h3-6,9,18H,2,7-8,10H2,1H3,(H,17,19)/b6-5+. The van der Waals surface area contributed by atoms with Crippen LogP contribution >= 0.6 is 15.9 Å². The third-order valence-electron chi connectivity index (χ3n) is 3.57. The lowest BCUT2D eigenvalue weighted by Gasteiger charge is -2.40. The van der Waals surface area contributed by atoms with E-state index in [1.807, 2.05) is 25.1 Å². The van der Waals surface area contributed by atoms with Crippen LogP contribution in [0.1, 0.15) is 30.4 Å². The SMILES string of the molecule is Cc1ccc(/C=C/C(=O)NC2(CO)CCC2)c(Br)c1. The molecule has 0 aliphatic heterocycles. The van der Waals surface area contributed by atoms with E-state index in [1.165, 1.54) is 11.6 Å². The zero-order valence-electron chi connectivity index (χ0n) is 10.9. The van der Waals surface area contributed by atoms with Crippen molar-refractivity contribution in [2.75, 3.05) is 6.61 Å². The second kappa shape index (κ2) is 5.88. The van der Waals surface area contributed by atoms with E-state index in [1.54, 1.807) is 6.08 Å². The van der Waals surface area contributed by atoms with Crippen molar-refractivity contribution in [1.29, 1.82) is 0 Å². The van der Waals surface area contributed by atoms with E-state index in [2.05, 4.69) is 21.2 Å². The molecule has 0 radical (unpaired) electrons. The van der Waals surface area contributed by atoms with Crippen molar-refractivity contribution in [2.24, 2.45) is 0 Å². The first-order valence-electron chi connectivity index (χ1n) is 6.42. The maximum absolute atomic E-state index is 11.8. The summed E-state index contributed by atoms with van der Waals surface area (Å²) < 4.78 is 0.970. The van der Waals surface area contributed by atoms with Gasteiger partial charge >= 0.3 is 0 Å². The lowest BCUT2D eigenvalue weighted by molar-refractivity contribution is -0.120. The highest BCUT2D eigenvalue weighted by Gasteiger charge is 2.37. The van der Waals surface area contributed by atoms with Gasteiger partial charge in [-0.1, -0.05) is 28.1 Å². The Hall–Kier alpha value is -1.13. The molecule has 1 saturated carbocycles. The monoisotopic (exact) mass is 323 g/mol. The van der Waals surface area contributed by atoms with E-state index in [0.717, 1.165) is 29.3 Å². The molecule has 1 aromatic carbocycles. The zero-order valence-corrected chi connectivity index (χ0v) is 12.5. The number of hydrogen-bond acceptors (Lipinski definition) is 2. The van der Waals surface area contributed by atoms with Gasteiger partial charge in [0.25, 0.3) is 0 Å². The van der Waals surface area contributed by atoms with E-state index >= 15 is 0 Å². The minimum atomic E-state index is -0.383. The molecule has 0 heterocycles. The van der Waals surface area contributed by atoms with Gasteiger partial charge in [-0.3, -0.25) is 4.79 Å². The van der Waals surface area contributed by atoms with E-state index in [0.29, 0.717) is 0 Å². The molecule has 1 aliphatic carbocycles. The van der Waals surface area contributed by atoms with E-state index in [4.69, 9.17) is 0 Å². The first-order chi connectivity index (χ1) is 9.04. The van der Waals surface area contributed by atoms with Crippen LogP contribution < -0.4 is 5.32 Å². The van der Waals surface area contributed by atoms with Crippen LogP contribution in [0, 0.1) is 6.92 Å². The molecule has 4 heteroatoms. The third kappa shape index (κ3) is 3.45. The predicted molar refractivity (Wildman–Crippen MR) is 79.7 cm³/mol. The van der Waals surface area contributed by atoms with Crippen molar-refractivity contribution in [2.45, 2.75) is 31.7 Å². The Morgan fingerprint density at radius 2 is 2.26 bits per heavy atom. The van der Waals surface area contributed by atoms with Crippen LogP contribution in [0.5, 0.6) is 0 Å². The first kappa shape index (κ1) is 14.3. The van der Waals surface area contributed by atoms with Crippen LogP contribution in [-0.2, 0) is 4.79 Å². The Morgan fingerprint density at radius 1 is 1.53 bits per heavy atom. The highest BCUT2D eigenvalue weighted by molar-refractivity contribution is 9.10. The van der Waals surface area contributed by atoms with Crippen molar-refractivity contribution in [1.82, 2.24) is 5.32 Å². The smallest absolute Gasteiger partial charge is 0.244 e. The minimum Gasteiger partial charge on any atom is -0.394 e. The Balaban J connectivity index is 2.00. The highest BCUT2D eigenvalue weighted by Crippen LogP contribution is 2.31. The Morgan fingerprint density at radius 3 is 2.79 bits per heavy atom. The molecule has 102 valence electrons. The second-order valence-corrected chi connectivity index (χ2v) is 5.99. The van der Waals surface area contributed by atoms with Crippen LogP contribution in [0.4, 0.5) is 0 Å². The summed E-state index contributed by atoms with van der Waals surface area (Å²) in [6.45, 7) is 2.04. The highest BCUT2D eigenvalue weighted by atomic mass is 79.9. The van der Waals surface area contributed by atoms with Crippen LogP contribution in [0.3, 0.4) is 0 Å². The Bertz CT molecular complexity index is 501. The summed E-state index contributed by atoms with van der Waals surface area (Å²) in [5.41, 5.74) is 1.75. The summed E-state index contributed by atoms with van der Waals surface area (Å²) in [5, 5.41) is 12.2. The zero-order chi connectivity index (χ0) is 13.9. The molecule has 1 aliphatic rings. The largest absolute Gasteiger partial charge is 0.394 e. The maximum atomic E-state index is 11.8. The average molecular weight is 324 g/mol. The van der Waals surface area contributed by atoms with Gasteiger partial charge in [-0.15, -0.1) is 0 Å². The number of halogens is 1. The van der Waals surface area contributed by atoms with Crippen LogP contribution in [-0.4, -0.2) is 23.2 Å². The fourth-order valence-corrected chi connectivity index (χ4v) is 2.79. The van der Waals surface area contributed by atoms with E-state index in [-0.39, 0.29) is 18.1 Å². The third-order valence-corrected chi connectivity index (χ3v) is 4.26. The van der Waals surface area contributed by atoms with Gasteiger partial charge in [0.2, 0.25) is 5.91 Å². The number of amides is 1. The number of aryl methyl sites for hydroxylation is 1. The summed E-state index contributed by atoms with van der Waals surface area (Å²) >= 11 is 3.47. The summed E-state index contributed by atoms with van der Waals surface area (Å²) in [4.78, 5) is 11.8. The minimum absolute atomic E-state index is 0.0147. The van der Waals surface area contributed by atoms with Crippen LogP contribution in [0.25, 0.3) is 6.08 Å². The Kier molecular flexibility index (Phi) is 4.42. The van der Waals surface area contributed by atoms with Crippen molar-refractivity contribution in [3.8, 4) is 0 Å². The molecule has 0 unspecified atom stereocenters. The van der Waals surface area contributed by atoms with Gasteiger partial charge in [0.1, 0.15) is 0 Å². The number of carbonyl (C=O) groups excluding carboxylic acids is 1. The average Bonchev–Trinajstić information content (AvgIpc) is 2.33. The number of aliphatic hydroxyl groups is 1. The number of hydrogen-bond donors (Lipinski definition) is 2. The summed E-state index contributed by atoms with van der Waals surface area (Å²) in [7, 11) is 0. The molecule has 2 rings (SSSR count). The van der Waals surface area contributed by atoms with Gasteiger partial charge in [-0.05, 0) is 49.5 Å². The number of carbonyl (C=O) groups is 1. The number of aliphatic hydroxyl groups excluding tert-OH is 1. The number of nitrogens with one attached hydrogen (secondary N) is 1. The molecule has 0 saturated heterocycles. The number of rotatable bonds is 4. The molecule has 19 heavy (non-hydrogen) atoms. The van der Waals surface area contributed by atoms with E-state index < -0.39 is 0 Å². The van der Waals surface area contributed by atoms with Gasteiger partial charge in [-0.25, -0.2) is 0 Å². The fourth-order valence-electron chi connectivity index (χ4n) is 2.16. The number of benzene rings is 1. The molecule has 0 spiro atoms. The van der Waals surface area contributed by atoms with Crippen molar-refractivity contribution < 1.29 is 9.90 Å². The van der Waals surface area contributed by atoms with Gasteiger partial charge in [0.05, 0.1) is 12.1 Å². The van der Waals surface area contributed by atoms with Gasteiger partial charge < -0.3 is 10.4 Å². The molecule has 3 nitrogen and oxygen atoms in total. The van der Waals surface area contributed by atoms with Crippen molar-refractivity contribution in [3.05, 3.63) is 39.9 Å². The second-order valence-electron chi connectivity index (χ2n) is 5.14. The molecule has 1 fully saturated rings. The lowest BCUT2D eigenvalue weighted by atomic mass is 9.77. The lowest BCUT2D eigenvalue weighted by Crippen LogP contribution is -2.55. The van der Waals surface area contributed by atoms with Gasteiger partial charge in [0.15, 0.2) is 0 Å². The molecule has 1 amide bonds. The summed E-state index contributed by atoms with van der Waals surface area (Å²) in [6, 6.07) is 5.98. The summed E-state index contributed by atoms with van der Waals surface area (Å²) in [6.07, 6.45) is 6.08. The fraction of sp³-hybridized carbons (Fsp3) is 0.400. The molecule has 1 aromatic rings. The van der Waals surface area contributed by atoms with Crippen molar-refractivity contribution >= 4 is 27.9 Å². The summed E-state index contributed by atoms with van der Waals surface area (Å²) in [5.74, 6) is -0.152. The Labute approximate surface area is 121 Å². The molecule has 2 N–H and O–H groups in total. The molecule has 0 atom stereocenters. The predicted octanol–water partition coefficient (Wildman–Crippen LogP) is 2.80. The molecular weight excluding hydrogens is 306 g/mol. The van der Waals surface area contributed by atoms with Crippen LogP contribution in [0.15, 0.2) is 28.7 Å². The quantitative estimate of drug-likeness (QED) is 0.837. The van der Waals surface area contributed by atoms with Crippen molar-refractivity contribution in [3.63, 3.8) is 0 Å². The molecule has 0 aromatic heterocycles. The van der Waals surface area contributed by atoms with Gasteiger partial charge in [0, 0.05) is 10.5 Å². The van der Waals surface area contributed by atoms with E-state index in [9.17, 15) is 9.90 Å².